The number of benzene rings is 1. The van der Waals surface area contributed by atoms with E-state index < -0.39 is 0 Å². The molecule has 25 heavy (non-hydrogen) atoms. The van der Waals surface area contributed by atoms with Crippen LogP contribution >= 0.6 is 0 Å². The molecule has 0 unspecified atom stereocenters. The number of amidine groups is 1. The van der Waals surface area contributed by atoms with Crippen molar-refractivity contribution in [1.29, 1.82) is 0 Å². The molecule has 6 heteroatoms. The highest BCUT2D eigenvalue weighted by atomic mass is 16.5. The number of hydrogen-bond acceptors (Lipinski definition) is 5. The predicted molar refractivity (Wildman–Crippen MR) is 94.5 cm³/mol. The Morgan fingerprint density at radius 3 is 2.72 bits per heavy atom. The molecular weight excluding hydrogens is 316 g/mol. The van der Waals surface area contributed by atoms with E-state index >= 15 is 0 Å². The van der Waals surface area contributed by atoms with Gasteiger partial charge in [0.15, 0.2) is 11.6 Å². The van der Waals surface area contributed by atoms with Gasteiger partial charge in [-0.15, -0.1) is 0 Å². The van der Waals surface area contributed by atoms with Crippen LogP contribution in [0.3, 0.4) is 0 Å². The highest BCUT2D eigenvalue weighted by molar-refractivity contribution is 6.12. The maximum Gasteiger partial charge on any atom is 0.168 e. The number of rotatable bonds is 5. The van der Waals surface area contributed by atoms with Gasteiger partial charge < -0.3 is 14.5 Å². The van der Waals surface area contributed by atoms with Crippen molar-refractivity contribution >= 4 is 17.4 Å². The topological polar surface area (TPSA) is 72.5 Å². The minimum Gasteiger partial charge on any atom is -0.486 e. The third kappa shape index (κ3) is 3.58. The van der Waals surface area contributed by atoms with Crippen molar-refractivity contribution in [2.45, 2.75) is 13.5 Å². The van der Waals surface area contributed by atoms with E-state index in [1.54, 1.807) is 6.26 Å². The number of nitrogens with one attached hydrogen (secondary N) is 1. The van der Waals surface area contributed by atoms with Gasteiger partial charge in [-0.3, -0.25) is 0 Å². The lowest BCUT2D eigenvalue weighted by Crippen LogP contribution is -2.29. The Bertz CT molecular complexity index is 931. The van der Waals surface area contributed by atoms with Crippen LogP contribution in [0.25, 0.3) is 5.70 Å². The van der Waals surface area contributed by atoms with Crippen LogP contribution < -0.4 is 10.1 Å². The first-order valence-electron chi connectivity index (χ1n) is 7.90. The van der Waals surface area contributed by atoms with E-state index in [1.807, 2.05) is 61.5 Å². The molecule has 1 N–H and O–H groups in total. The van der Waals surface area contributed by atoms with Gasteiger partial charge in [0.25, 0.3) is 0 Å². The Hall–Kier alpha value is -3.41. The number of aryl methyl sites for hydroxylation is 1. The highest BCUT2D eigenvalue weighted by Gasteiger charge is 2.16. The molecule has 1 aromatic carbocycles. The molecule has 0 saturated carbocycles. The van der Waals surface area contributed by atoms with Crippen molar-refractivity contribution in [2.75, 3.05) is 0 Å². The van der Waals surface area contributed by atoms with E-state index in [0.29, 0.717) is 18.2 Å². The molecule has 0 spiro atoms. The number of hydrogen-bond donors (Lipinski definition) is 1. The van der Waals surface area contributed by atoms with Gasteiger partial charge >= 0.3 is 0 Å². The van der Waals surface area contributed by atoms with Crippen molar-refractivity contribution in [3.63, 3.8) is 0 Å². The van der Waals surface area contributed by atoms with E-state index in [-0.39, 0.29) is 0 Å². The summed E-state index contributed by atoms with van der Waals surface area (Å²) in [5.41, 5.74) is 1.75. The summed E-state index contributed by atoms with van der Waals surface area (Å²) in [7, 11) is 0. The molecule has 124 valence electrons. The third-order valence-electron chi connectivity index (χ3n) is 3.56. The Balaban J connectivity index is 1.48. The number of aliphatic imine (C=N–C) groups is 1. The first-order chi connectivity index (χ1) is 12.3. The van der Waals surface area contributed by atoms with Gasteiger partial charge in [-0.1, -0.05) is 18.2 Å². The van der Waals surface area contributed by atoms with Crippen molar-refractivity contribution < 1.29 is 9.15 Å². The second-order valence-electron chi connectivity index (χ2n) is 5.54. The first kappa shape index (κ1) is 15.1. The van der Waals surface area contributed by atoms with Crippen LogP contribution in [0.15, 0.2) is 70.3 Å². The molecule has 0 bridgehead atoms. The molecule has 0 saturated heterocycles. The molecule has 3 aromatic rings. The van der Waals surface area contributed by atoms with E-state index in [9.17, 15) is 0 Å². The number of aromatic nitrogens is 2. The van der Waals surface area contributed by atoms with Crippen molar-refractivity contribution in [2.24, 2.45) is 4.99 Å². The van der Waals surface area contributed by atoms with Gasteiger partial charge in [0.05, 0.1) is 12.0 Å². The summed E-state index contributed by atoms with van der Waals surface area (Å²) in [4.78, 5) is 13.3. The smallest absolute Gasteiger partial charge is 0.168 e. The molecule has 0 atom stereocenters. The summed E-state index contributed by atoms with van der Waals surface area (Å²) in [6, 6.07) is 15.2. The average molecular weight is 332 g/mol. The van der Waals surface area contributed by atoms with Crippen LogP contribution in [-0.2, 0) is 6.61 Å². The molecule has 2 aromatic heterocycles. The second-order valence-corrected chi connectivity index (χ2v) is 5.54. The van der Waals surface area contributed by atoms with E-state index in [2.05, 4.69) is 20.3 Å². The third-order valence-corrected chi connectivity index (χ3v) is 3.56. The second kappa shape index (κ2) is 6.60. The van der Waals surface area contributed by atoms with Crippen LogP contribution in [0.2, 0.25) is 0 Å². The van der Waals surface area contributed by atoms with Gasteiger partial charge in [0.1, 0.15) is 24.0 Å². The number of ether oxygens (including phenoxy) is 1. The molecule has 0 amide bonds. The number of furan rings is 1. The standard InChI is InChI=1S/C19H16N4O2/c1-13-10-17(22-18-11-15(21-18)16-8-5-9-24-16)23-19(20-13)12-25-14-6-3-2-4-7-14/h2-11H,12H2,1H3,(H,20,21,22,23). The van der Waals surface area contributed by atoms with Crippen LogP contribution in [0.5, 0.6) is 5.75 Å². The highest BCUT2D eigenvalue weighted by Crippen LogP contribution is 2.20. The fourth-order valence-electron chi connectivity index (χ4n) is 2.42. The Morgan fingerprint density at radius 1 is 1.12 bits per heavy atom. The largest absolute Gasteiger partial charge is 0.486 e. The van der Waals surface area contributed by atoms with Crippen LogP contribution in [0.1, 0.15) is 17.3 Å². The zero-order chi connectivity index (χ0) is 17.1. The molecule has 0 radical (unpaired) electrons. The molecule has 4 rings (SSSR count). The number of para-hydroxylation sites is 1. The Labute approximate surface area is 144 Å². The van der Waals surface area contributed by atoms with E-state index in [4.69, 9.17) is 9.15 Å². The monoisotopic (exact) mass is 332 g/mol. The van der Waals surface area contributed by atoms with Gasteiger partial charge in [0, 0.05) is 17.8 Å². The lowest BCUT2D eigenvalue weighted by atomic mass is 10.2. The predicted octanol–water partition coefficient (Wildman–Crippen LogP) is 3.63. The summed E-state index contributed by atoms with van der Waals surface area (Å²) in [5.74, 6) is 3.50. The average Bonchev–Trinajstić information content (AvgIpc) is 3.10. The molecule has 6 nitrogen and oxygen atoms in total. The van der Waals surface area contributed by atoms with Crippen LogP contribution in [0, 0.1) is 6.92 Å². The van der Waals surface area contributed by atoms with Crippen LogP contribution in [-0.4, -0.2) is 15.8 Å². The summed E-state index contributed by atoms with van der Waals surface area (Å²) >= 11 is 0. The number of nitrogens with zero attached hydrogens (tertiary/aromatic N) is 3. The van der Waals surface area contributed by atoms with E-state index in [0.717, 1.165) is 28.7 Å². The normalized spacial score (nSPS) is 14.6. The Kier molecular flexibility index (Phi) is 4.00. The lowest BCUT2D eigenvalue weighted by molar-refractivity contribution is 0.295. The zero-order valence-corrected chi connectivity index (χ0v) is 13.6. The molecule has 0 aliphatic carbocycles. The minimum absolute atomic E-state index is 0.296. The summed E-state index contributed by atoms with van der Waals surface area (Å²) < 4.78 is 11.0. The summed E-state index contributed by atoms with van der Waals surface area (Å²) in [6.45, 7) is 2.21. The van der Waals surface area contributed by atoms with Gasteiger partial charge in [-0.2, -0.15) is 0 Å². The van der Waals surface area contributed by atoms with Crippen molar-refractivity contribution in [3.05, 3.63) is 78.1 Å². The first-order valence-corrected chi connectivity index (χ1v) is 7.90. The molecule has 3 heterocycles. The van der Waals surface area contributed by atoms with Gasteiger partial charge in [-0.05, 0) is 31.2 Å². The van der Waals surface area contributed by atoms with Gasteiger partial charge in [0.2, 0.25) is 0 Å². The molecule has 1 aliphatic rings. The molecule has 0 fully saturated rings. The lowest BCUT2D eigenvalue weighted by Gasteiger charge is -2.17. The van der Waals surface area contributed by atoms with Crippen molar-refractivity contribution in [3.8, 4) is 5.75 Å². The molecular formula is C19H16N4O2. The maximum atomic E-state index is 5.70. The van der Waals surface area contributed by atoms with Gasteiger partial charge in [-0.25, -0.2) is 15.0 Å². The van der Waals surface area contributed by atoms with Crippen LogP contribution in [0.4, 0.5) is 5.82 Å². The summed E-state index contributed by atoms with van der Waals surface area (Å²) in [6.07, 6.45) is 3.55. The molecule has 1 aliphatic heterocycles. The summed E-state index contributed by atoms with van der Waals surface area (Å²) in [5, 5.41) is 3.15. The maximum absolute atomic E-state index is 5.70. The SMILES string of the molecule is Cc1cc(N=C2C=C(c3ccco3)N2)nc(COc2ccccc2)n1. The quantitative estimate of drug-likeness (QED) is 0.772. The fraction of sp³-hybridized carbons (Fsp3) is 0.105. The minimum atomic E-state index is 0.296. The van der Waals surface area contributed by atoms with E-state index in [1.165, 1.54) is 0 Å². The van der Waals surface area contributed by atoms with Crippen molar-refractivity contribution in [1.82, 2.24) is 15.3 Å². The fourth-order valence-corrected chi connectivity index (χ4v) is 2.42. The zero-order valence-electron chi connectivity index (χ0n) is 13.6. The Morgan fingerprint density at radius 2 is 1.96 bits per heavy atom.